The Bertz CT molecular complexity index is 1530. The number of nitrogens with zero attached hydrogens (tertiary/aromatic N) is 1. The topological polar surface area (TPSA) is 21.7 Å². The largest absolute Gasteiger partial charge is 0.496 e. The Hall–Kier alpha value is -3.53. The highest BCUT2D eigenvalue weighted by Gasteiger charge is 2.23. The molecule has 1 saturated heterocycles. The van der Waals surface area contributed by atoms with Gasteiger partial charge in [-0.1, -0.05) is 85.3 Å². The fourth-order valence-corrected chi connectivity index (χ4v) is 5.99. The molecule has 5 aromatic rings. The van der Waals surface area contributed by atoms with Gasteiger partial charge in [-0.25, -0.2) is 0 Å². The van der Waals surface area contributed by atoms with E-state index in [9.17, 15) is 0 Å². The normalized spacial score (nSPS) is 14.6. The second-order valence-corrected chi connectivity index (χ2v) is 10.2. The smallest absolute Gasteiger partial charge is 0.123 e. The summed E-state index contributed by atoms with van der Waals surface area (Å²) in [7, 11) is 1.76. The van der Waals surface area contributed by atoms with Crippen molar-refractivity contribution in [1.82, 2.24) is 4.90 Å². The van der Waals surface area contributed by atoms with E-state index in [0.717, 1.165) is 30.2 Å². The molecule has 39 heavy (non-hydrogen) atoms. The number of methoxy groups -OCH3 is 1. The van der Waals surface area contributed by atoms with Gasteiger partial charge in [-0.05, 0) is 82.9 Å². The molecule has 0 N–H and O–H groups in total. The van der Waals surface area contributed by atoms with E-state index in [1.165, 1.54) is 65.0 Å². The van der Waals surface area contributed by atoms with E-state index in [4.69, 9.17) is 9.47 Å². The number of fused-ring (bicyclic) bond motifs is 3. The number of piperidine rings is 1. The fourth-order valence-electron chi connectivity index (χ4n) is 5.99. The number of benzene rings is 5. The molecule has 1 fully saturated rings. The molecule has 0 aliphatic carbocycles. The van der Waals surface area contributed by atoms with Gasteiger partial charge in [-0.3, -0.25) is 4.90 Å². The molecule has 3 nitrogen and oxygen atoms in total. The van der Waals surface area contributed by atoms with E-state index in [2.05, 4.69) is 102 Å². The second-order valence-electron chi connectivity index (χ2n) is 10.2. The number of hydrogen-bond donors (Lipinski definition) is 0. The second kappa shape index (κ2) is 12.5. The molecule has 200 valence electrons. The minimum absolute atomic E-state index is 0. The molecule has 1 aliphatic heterocycles. The lowest BCUT2D eigenvalue weighted by molar-refractivity contribution is 0.183. The molecule has 0 saturated carbocycles. The van der Waals surface area contributed by atoms with Crippen LogP contribution >= 0.6 is 12.4 Å². The Labute approximate surface area is 237 Å². The highest BCUT2D eigenvalue weighted by atomic mass is 35.5. The summed E-state index contributed by atoms with van der Waals surface area (Å²) in [4.78, 5) is 2.51. The summed E-state index contributed by atoms with van der Waals surface area (Å²) in [6.45, 7) is 4.12. The third-order valence-electron chi connectivity index (χ3n) is 7.90. The molecule has 1 aliphatic rings. The van der Waals surface area contributed by atoms with Crippen LogP contribution in [-0.4, -0.2) is 38.3 Å². The number of rotatable bonds is 8. The van der Waals surface area contributed by atoms with Gasteiger partial charge in [0, 0.05) is 18.0 Å². The van der Waals surface area contributed by atoms with Gasteiger partial charge in [0.15, 0.2) is 0 Å². The number of hydrogen-bond acceptors (Lipinski definition) is 3. The zero-order valence-corrected chi connectivity index (χ0v) is 23.3. The SMILES string of the molecule is COc1ccccc1C(c1ccc(OCCN2CCCCC2)cc1)c1cc2ccccc2c2ccccc12.Cl. The van der Waals surface area contributed by atoms with Crippen LogP contribution in [-0.2, 0) is 0 Å². The number of likely N-dealkylation sites (tertiary alicyclic amines) is 1. The van der Waals surface area contributed by atoms with Crippen LogP contribution in [0.1, 0.15) is 41.9 Å². The van der Waals surface area contributed by atoms with Crippen molar-refractivity contribution in [2.24, 2.45) is 0 Å². The first-order chi connectivity index (χ1) is 18.8. The summed E-state index contributed by atoms with van der Waals surface area (Å²) >= 11 is 0. The maximum atomic E-state index is 6.16. The van der Waals surface area contributed by atoms with Crippen LogP contribution in [0, 0.1) is 0 Å². The summed E-state index contributed by atoms with van der Waals surface area (Å²) in [6, 6.07) is 36.9. The lowest BCUT2D eigenvalue weighted by Gasteiger charge is -2.26. The van der Waals surface area contributed by atoms with E-state index < -0.39 is 0 Å². The van der Waals surface area contributed by atoms with Gasteiger partial charge < -0.3 is 9.47 Å². The monoisotopic (exact) mass is 537 g/mol. The molecule has 4 heteroatoms. The van der Waals surface area contributed by atoms with Crippen molar-refractivity contribution >= 4 is 34.0 Å². The minimum Gasteiger partial charge on any atom is -0.496 e. The Balaban J connectivity index is 0.00000308. The lowest BCUT2D eigenvalue weighted by atomic mass is 9.81. The molecule has 0 bridgehead atoms. The van der Waals surface area contributed by atoms with Crippen molar-refractivity contribution in [3.63, 3.8) is 0 Å². The average molecular weight is 538 g/mol. The molecular weight excluding hydrogens is 502 g/mol. The molecule has 1 heterocycles. The Morgan fingerprint density at radius 2 is 1.36 bits per heavy atom. The van der Waals surface area contributed by atoms with Gasteiger partial charge in [-0.2, -0.15) is 0 Å². The van der Waals surface area contributed by atoms with Gasteiger partial charge >= 0.3 is 0 Å². The summed E-state index contributed by atoms with van der Waals surface area (Å²) in [5, 5.41) is 5.07. The lowest BCUT2D eigenvalue weighted by Crippen LogP contribution is -2.33. The third kappa shape index (κ3) is 5.75. The zero-order valence-electron chi connectivity index (χ0n) is 22.5. The van der Waals surface area contributed by atoms with Crippen LogP contribution < -0.4 is 9.47 Å². The van der Waals surface area contributed by atoms with Crippen LogP contribution in [0.5, 0.6) is 11.5 Å². The van der Waals surface area contributed by atoms with Crippen LogP contribution in [0.25, 0.3) is 21.5 Å². The van der Waals surface area contributed by atoms with Gasteiger partial charge in [0.2, 0.25) is 0 Å². The summed E-state index contributed by atoms with van der Waals surface area (Å²) < 4.78 is 12.0. The highest BCUT2D eigenvalue weighted by Crippen LogP contribution is 2.42. The van der Waals surface area contributed by atoms with E-state index in [1.807, 2.05) is 6.07 Å². The van der Waals surface area contributed by atoms with Gasteiger partial charge in [0.05, 0.1) is 7.11 Å². The number of halogens is 1. The van der Waals surface area contributed by atoms with Crippen molar-refractivity contribution in [1.29, 1.82) is 0 Å². The van der Waals surface area contributed by atoms with Crippen molar-refractivity contribution < 1.29 is 9.47 Å². The highest BCUT2D eigenvalue weighted by molar-refractivity contribution is 6.09. The molecule has 1 unspecified atom stereocenters. The Kier molecular flexibility index (Phi) is 8.71. The van der Waals surface area contributed by atoms with Crippen molar-refractivity contribution in [2.75, 3.05) is 33.4 Å². The van der Waals surface area contributed by atoms with Gasteiger partial charge in [-0.15, -0.1) is 12.4 Å². The summed E-state index contributed by atoms with van der Waals surface area (Å²) in [6.07, 6.45) is 3.98. The van der Waals surface area contributed by atoms with E-state index in [-0.39, 0.29) is 18.3 Å². The van der Waals surface area contributed by atoms with Crippen molar-refractivity contribution in [2.45, 2.75) is 25.2 Å². The van der Waals surface area contributed by atoms with E-state index in [0.29, 0.717) is 0 Å². The molecule has 1 atom stereocenters. The molecular formula is C35H36ClNO2. The predicted octanol–water partition coefficient (Wildman–Crippen LogP) is 8.47. The van der Waals surface area contributed by atoms with Crippen LogP contribution in [0.4, 0.5) is 0 Å². The zero-order chi connectivity index (χ0) is 25.7. The van der Waals surface area contributed by atoms with Crippen LogP contribution in [0.3, 0.4) is 0 Å². The van der Waals surface area contributed by atoms with Crippen molar-refractivity contribution in [3.05, 3.63) is 120 Å². The molecule has 0 aromatic heterocycles. The van der Waals surface area contributed by atoms with Crippen molar-refractivity contribution in [3.8, 4) is 11.5 Å². The molecule has 0 spiro atoms. The number of para-hydroxylation sites is 1. The maximum Gasteiger partial charge on any atom is 0.123 e. The van der Waals surface area contributed by atoms with E-state index >= 15 is 0 Å². The predicted molar refractivity (Wildman–Crippen MR) is 165 cm³/mol. The van der Waals surface area contributed by atoms with Crippen LogP contribution in [0.15, 0.2) is 103 Å². The first-order valence-electron chi connectivity index (χ1n) is 13.8. The first-order valence-corrected chi connectivity index (χ1v) is 13.8. The molecule has 5 aromatic carbocycles. The van der Waals surface area contributed by atoms with Gasteiger partial charge in [0.1, 0.15) is 18.1 Å². The maximum absolute atomic E-state index is 6.16. The Morgan fingerprint density at radius 3 is 2.13 bits per heavy atom. The summed E-state index contributed by atoms with van der Waals surface area (Å²) in [5.41, 5.74) is 3.66. The fraction of sp³-hybridized carbons (Fsp3) is 0.257. The summed E-state index contributed by atoms with van der Waals surface area (Å²) in [5.74, 6) is 1.84. The first kappa shape index (κ1) is 27.1. The average Bonchev–Trinajstić information content (AvgIpc) is 2.99. The quantitative estimate of drug-likeness (QED) is 0.146. The van der Waals surface area contributed by atoms with Crippen LogP contribution in [0.2, 0.25) is 0 Å². The number of ether oxygens (including phenoxy) is 2. The standard InChI is InChI=1S/C35H35NO2.ClH/c1-37-34-16-8-7-15-32(34)35(26-17-19-28(20-18-26)38-24-23-36-21-9-2-10-22-36)33-25-27-11-3-4-12-29(27)30-13-5-6-14-31(30)33;/h3-8,11-20,25,35H,2,9-10,21-24H2,1H3;1H. The van der Waals surface area contributed by atoms with Gasteiger partial charge in [0.25, 0.3) is 0 Å². The third-order valence-corrected chi connectivity index (χ3v) is 7.90. The Morgan fingerprint density at radius 1 is 0.692 bits per heavy atom. The molecule has 0 radical (unpaired) electrons. The molecule has 0 amide bonds. The minimum atomic E-state index is 0. The molecule has 6 rings (SSSR count). The van der Waals surface area contributed by atoms with E-state index in [1.54, 1.807) is 7.11 Å².